The predicted octanol–water partition coefficient (Wildman–Crippen LogP) is 2.85. The van der Waals surface area contributed by atoms with Gasteiger partial charge in [-0.05, 0) is 54.7 Å². The van der Waals surface area contributed by atoms with Crippen molar-refractivity contribution in [3.8, 4) is 11.5 Å². The number of hydrogen-bond acceptors (Lipinski definition) is 6. The van der Waals surface area contributed by atoms with Gasteiger partial charge in [-0.2, -0.15) is 0 Å². The van der Waals surface area contributed by atoms with Crippen molar-refractivity contribution in [1.29, 1.82) is 0 Å². The number of ether oxygens (including phenoxy) is 2. The molecule has 10 heteroatoms. The third-order valence-corrected chi connectivity index (χ3v) is 4.35. The minimum Gasteiger partial charge on any atom is -0.494 e. The summed E-state index contributed by atoms with van der Waals surface area (Å²) in [5.41, 5.74) is 11.4. The van der Waals surface area contributed by atoms with E-state index in [1.165, 1.54) is 0 Å². The van der Waals surface area contributed by atoms with Crippen molar-refractivity contribution >= 4 is 12.1 Å². The van der Waals surface area contributed by atoms with Crippen LogP contribution in [0.25, 0.3) is 0 Å². The van der Waals surface area contributed by atoms with Crippen LogP contribution in [-0.4, -0.2) is 45.8 Å². The summed E-state index contributed by atoms with van der Waals surface area (Å²) in [7, 11) is 0. The van der Waals surface area contributed by atoms with Gasteiger partial charge in [-0.1, -0.05) is 24.3 Å². The van der Waals surface area contributed by atoms with Gasteiger partial charge in [0.1, 0.15) is 11.5 Å². The average molecular weight is 432 g/mol. The van der Waals surface area contributed by atoms with E-state index in [0.29, 0.717) is 34.8 Å². The molecule has 0 aliphatic heterocycles. The first-order chi connectivity index (χ1) is 14.8. The van der Waals surface area contributed by atoms with Gasteiger partial charge in [-0.3, -0.25) is 10.4 Å². The van der Waals surface area contributed by atoms with Gasteiger partial charge < -0.3 is 20.9 Å². The molecule has 0 bridgehead atoms. The Morgan fingerprint density at radius 1 is 0.677 bits per heavy atom. The zero-order valence-corrected chi connectivity index (χ0v) is 17.1. The Kier molecular flexibility index (Phi) is 9.40. The van der Waals surface area contributed by atoms with E-state index < -0.39 is 12.1 Å². The maximum absolute atomic E-state index is 10.8. The molecular formula is C21H28N4O6. The van der Waals surface area contributed by atoms with Crippen molar-refractivity contribution in [2.45, 2.75) is 32.4 Å². The van der Waals surface area contributed by atoms with Gasteiger partial charge in [0, 0.05) is 0 Å². The van der Waals surface area contributed by atoms with Crippen LogP contribution >= 0.6 is 0 Å². The summed E-state index contributed by atoms with van der Waals surface area (Å²) < 4.78 is 11.3. The van der Waals surface area contributed by atoms with E-state index in [0.717, 1.165) is 30.4 Å². The Morgan fingerprint density at radius 2 is 1.03 bits per heavy atom. The number of urea groups is 2. The van der Waals surface area contributed by atoms with Crippen LogP contribution in [0.4, 0.5) is 9.59 Å². The molecule has 0 aliphatic rings. The first-order valence-electron chi connectivity index (χ1n) is 9.80. The third-order valence-electron chi connectivity index (χ3n) is 4.35. The van der Waals surface area contributed by atoms with E-state index in [2.05, 4.69) is 0 Å². The molecule has 0 saturated heterocycles. The highest BCUT2D eigenvalue weighted by Gasteiger charge is 2.07. The smallest absolute Gasteiger partial charge is 0.338 e. The fourth-order valence-electron chi connectivity index (χ4n) is 2.64. The minimum absolute atomic E-state index is 0.0194. The highest BCUT2D eigenvalue weighted by molar-refractivity contribution is 5.70. The summed E-state index contributed by atoms with van der Waals surface area (Å²) in [6.07, 6.45) is 2.68. The quantitative estimate of drug-likeness (QED) is 0.230. The Bertz CT molecular complexity index is 759. The first kappa shape index (κ1) is 23.8. The predicted molar refractivity (Wildman–Crippen MR) is 112 cm³/mol. The number of carbonyl (C=O) groups is 2. The number of primary amides is 2. The fraction of sp³-hybridized carbons (Fsp3) is 0.333. The van der Waals surface area contributed by atoms with E-state index in [9.17, 15) is 20.0 Å². The summed E-state index contributed by atoms with van der Waals surface area (Å²) >= 11 is 0. The molecule has 2 rings (SSSR count). The number of unbranched alkanes of at least 4 members (excludes halogenated alkanes) is 2. The van der Waals surface area contributed by atoms with Gasteiger partial charge >= 0.3 is 12.1 Å². The molecule has 0 unspecified atom stereocenters. The Labute approximate surface area is 180 Å². The van der Waals surface area contributed by atoms with Crippen molar-refractivity contribution < 1.29 is 29.5 Å². The number of hydrogen-bond donors (Lipinski definition) is 4. The van der Waals surface area contributed by atoms with Crippen molar-refractivity contribution in [2.24, 2.45) is 11.5 Å². The molecule has 0 radical (unpaired) electrons. The lowest BCUT2D eigenvalue weighted by molar-refractivity contribution is -0.0470. The molecule has 4 amide bonds. The van der Waals surface area contributed by atoms with Crippen LogP contribution in [0, 0.1) is 0 Å². The van der Waals surface area contributed by atoms with Gasteiger partial charge in [0.2, 0.25) is 0 Å². The largest absolute Gasteiger partial charge is 0.494 e. The number of nitrogens with zero attached hydrogens (tertiary/aromatic N) is 2. The van der Waals surface area contributed by atoms with Crippen molar-refractivity contribution in [3.63, 3.8) is 0 Å². The van der Waals surface area contributed by atoms with E-state index >= 15 is 0 Å². The van der Waals surface area contributed by atoms with E-state index in [4.69, 9.17) is 20.9 Å². The second kappa shape index (κ2) is 12.3. The van der Waals surface area contributed by atoms with E-state index in [-0.39, 0.29) is 13.1 Å². The maximum Gasteiger partial charge on any atom is 0.338 e. The topological polar surface area (TPSA) is 152 Å². The highest BCUT2D eigenvalue weighted by Crippen LogP contribution is 2.15. The van der Waals surface area contributed by atoms with Gasteiger partial charge in [0.15, 0.2) is 0 Å². The van der Waals surface area contributed by atoms with Crippen LogP contribution in [0.3, 0.4) is 0 Å². The SMILES string of the molecule is NC(=O)N(O)Cc1ccc(OCCCCCOc2ccc(CN(O)C(N)=O)cc2)cc1. The zero-order chi connectivity index (χ0) is 22.6. The monoisotopic (exact) mass is 432 g/mol. The summed E-state index contributed by atoms with van der Waals surface area (Å²) in [6, 6.07) is 12.3. The number of amides is 4. The van der Waals surface area contributed by atoms with Crippen molar-refractivity contribution in [1.82, 2.24) is 10.1 Å². The molecule has 0 fully saturated rings. The maximum atomic E-state index is 10.8. The summed E-state index contributed by atoms with van der Waals surface area (Å²) in [5, 5.41) is 19.5. The molecule has 0 saturated carbocycles. The molecule has 0 aliphatic carbocycles. The molecular weight excluding hydrogens is 404 g/mol. The van der Waals surface area contributed by atoms with Crippen LogP contribution in [0.1, 0.15) is 30.4 Å². The Balaban J connectivity index is 1.57. The van der Waals surface area contributed by atoms with Gasteiger partial charge in [-0.15, -0.1) is 0 Å². The third kappa shape index (κ3) is 8.81. The lowest BCUT2D eigenvalue weighted by Crippen LogP contribution is -2.31. The Morgan fingerprint density at radius 3 is 1.35 bits per heavy atom. The molecule has 0 aromatic heterocycles. The number of rotatable bonds is 12. The number of nitrogens with two attached hydrogens (primary N) is 2. The molecule has 6 N–H and O–H groups in total. The van der Waals surface area contributed by atoms with Crippen LogP contribution in [0.15, 0.2) is 48.5 Å². The second-order valence-corrected chi connectivity index (χ2v) is 6.84. The zero-order valence-electron chi connectivity index (χ0n) is 17.1. The summed E-state index contributed by atoms with van der Waals surface area (Å²) in [5.74, 6) is 1.42. The lowest BCUT2D eigenvalue weighted by atomic mass is 10.2. The molecule has 10 nitrogen and oxygen atoms in total. The van der Waals surface area contributed by atoms with E-state index in [1.807, 2.05) is 0 Å². The minimum atomic E-state index is -0.903. The highest BCUT2D eigenvalue weighted by atomic mass is 16.5. The van der Waals surface area contributed by atoms with Gasteiger partial charge in [0.05, 0.1) is 26.3 Å². The van der Waals surface area contributed by atoms with Crippen LogP contribution in [0.5, 0.6) is 11.5 Å². The number of hydroxylamine groups is 4. The lowest BCUT2D eigenvalue weighted by Gasteiger charge is -2.13. The molecule has 2 aromatic rings. The standard InChI is InChI=1S/C21H28N4O6/c22-20(26)24(28)14-16-4-8-18(9-5-16)30-12-2-1-3-13-31-19-10-6-17(7-11-19)15-25(29)21(23)27/h4-11,28-29H,1-3,12-15H2,(H2,22,26)(H2,23,27). The molecule has 0 atom stereocenters. The molecule has 2 aromatic carbocycles. The molecule has 0 spiro atoms. The Hall–Kier alpha value is -3.50. The van der Waals surface area contributed by atoms with E-state index in [1.54, 1.807) is 48.5 Å². The van der Waals surface area contributed by atoms with Gasteiger partial charge in [-0.25, -0.2) is 19.7 Å². The molecule has 0 heterocycles. The normalized spacial score (nSPS) is 10.4. The van der Waals surface area contributed by atoms with Crippen molar-refractivity contribution in [3.05, 3.63) is 59.7 Å². The van der Waals surface area contributed by atoms with Crippen molar-refractivity contribution in [2.75, 3.05) is 13.2 Å². The van der Waals surface area contributed by atoms with Crippen LogP contribution < -0.4 is 20.9 Å². The molecule has 168 valence electrons. The second-order valence-electron chi connectivity index (χ2n) is 6.84. The summed E-state index contributed by atoms with van der Waals surface area (Å²) in [4.78, 5) is 21.6. The van der Waals surface area contributed by atoms with Crippen LogP contribution in [-0.2, 0) is 13.1 Å². The number of benzene rings is 2. The van der Waals surface area contributed by atoms with Crippen LogP contribution in [0.2, 0.25) is 0 Å². The average Bonchev–Trinajstić information content (AvgIpc) is 2.75. The number of carbonyl (C=O) groups excluding carboxylic acids is 2. The first-order valence-corrected chi connectivity index (χ1v) is 9.80. The summed E-state index contributed by atoms with van der Waals surface area (Å²) in [6.45, 7) is 1.18. The van der Waals surface area contributed by atoms with Gasteiger partial charge in [0.25, 0.3) is 0 Å². The molecule has 31 heavy (non-hydrogen) atoms. The fourth-order valence-corrected chi connectivity index (χ4v) is 2.64.